The topological polar surface area (TPSA) is 31.4 Å². The highest BCUT2D eigenvalue weighted by molar-refractivity contribution is 6.33. The van der Waals surface area contributed by atoms with Crippen LogP contribution in [0.4, 0.5) is 13.2 Å². The summed E-state index contributed by atoms with van der Waals surface area (Å²) in [6, 6.07) is 7.05. The summed E-state index contributed by atoms with van der Waals surface area (Å²) >= 11 is 5.99. The van der Waals surface area contributed by atoms with Gasteiger partial charge in [-0.15, -0.1) is 13.2 Å². The Kier molecular flexibility index (Phi) is 4.04. The van der Waals surface area contributed by atoms with Gasteiger partial charge in [0.15, 0.2) is 0 Å². The van der Waals surface area contributed by atoms with Crippen LogP contribution in [-0.2, 0) is 0 Å². The fraction of sp³-hybridized carbons (Fsp3) is 0.154. The van der Waals surface area contributed by atoms with Gasteiger partial charge in [0, 0.05) is 11.6 Å². The molecule has 20 heavy (non-hydrogen) atoms. The Morgan fingerprint density at radius 1 is 1.20 bits per heavy atom. The SMILES string of the molecule is COc1cc(-c2cccc(OC(F)(F)F)c2)c(Cl)cn1. The first kappa shape index (κ1) is 14.5. The molecule has 0 atom stereocenters. The maximum absolute atomic E-state index is 12.2. The third kappa shape index (κ3) is 3.54. The van der Waals surface area contributed by atoms with E-state index in [-0.39, 0.29) is 5.75 Å². The zero-order valence-corrected chi connectivity index (χ0v) is 11.0. The largest absolute Gasteiger partial charge is 0.573 e. The Morgan fingerprint density at radius 2 is 1.95 bits per heavy atom. The summed E-state index contributed by atoms with van der Waals surface area (Å²) in [7, 11) is 1.43. The van der Waals surface area contributed by atoms with Crippen molar-refractivity contribution in [2.75, 3.05) is 7.11 Å². The van der Waals surface area contributed by atoms with Crippen LogP contribution in [0, 0.1) is 0 Å². The molecule has 0 aliphatic carbocycles. The van der Waals surface area contributed by atoms with Crippen molar-refractivity contribution >= 4 is 11.6 Å². The van der Waals surface area contributed by atoms with Gasteiger partial charge in [-0.3, -0.25) is 0 Å². The van der Waals surface area contributed by atoms with Crippen LogP contribution < -0.4 is 9.47 Å². The minimum atomic E-state index is -4.74. The molecule has 7 heteroatoms. The molecule has 0 aliphatic rings. The van der Waals surface area contributed by atoms with E-state index in [2.05, 4.69) is 9.72 Å². The van der Waals surface area contributed by atoms with Gasteiger partial charge in [0.2, 0.25) is 5.88 Å². The first-order valence-electron chi connectivity index (χ1n) is 5.45. The van der Waals surface area contributed by atoms with Gasteiger partial charge in [-0.05, 0) is 17.7 Å². The van der Waals surface area contributed by atoms with Crippen LogP contribution in [0.25, 0.3) is 11.1 Å². The number of hydrogen-bond acceptors (Lipinski definition) is 3. The number of alkyl halides is 3. The lowest BCUT2D eigenvalue weighted by atomic mass is 10.1. The molecular formula is C13H9ClF3NO2. The van der Waals surface area contributed by atoms with Crippen molar-refractivity contribution < 1.29 is 22.6 Å². The van der Waals surface area contributed by atoms with E-state index in [1.54, 1.807) is 6.07 Å². The highest BCUT2D eigenvalue weighted by Gasteiger charge is 2.31. The zero-order valence-electron chi connectivity index (χ0n) is 10.2. The van der Waals surface area contributed by atoms with E-state index in [0.29, 0.717) is 22.0 Å². The Labute approximate surface area is 117 Å². The molecule has 1 aromatic heterocycles. The summed E-state index contributed by atoms with van der Waals surface area (Å²) in [6.45, 7) is 0. The fourth-order valence-electron chi connectivity index (χ4n) is 1.61. The minimum Gasteiger partial charge on any atom is -0.481 e. The van der Waals surface area contributed by atoms with Crippen molar-refractivity contribution in [3.05, 3.63) is 41.6 Å². The lowest BCUT2D eigenvalue weighted by Gasteiger charge is -2.11. The zero-order chi connectivity index (χ0) is 14.8. The number of ether oxygens (including phenoxy) is 2. The monoisotopic (exact) mass is 303 g/mol. The lowest BCUT2D eigenvalue weighted by molar-refractivity contribution is -0.274. The molecule has 106 valence electrons. The second-order valence-corrected chi connectivity index (χ2v) is 4.19. The molecule has 0 spiro atoms. The molecule has 0 N–H and O–H groups in total. The molecule has 2 aromatic rings. The first-order chi connectivity index (χ1) is 9.39. The summed E-state index contributed by atoms with van der Waals surface area (Å²) in [5.74, 6) is -0.00612. The predicted octanol–water partition coefficient (Wildman–Crippen LogP) is 4.31. The van der Waals surface area contributed by atoms with Crippen LogP contribution >= 0.6 is 11.6 Å². The number of methoxy groups -OCH3 is 1. The average Bonchev–Trinajstić information content (AvgIpc) is 2.37. The summed E-state index contributed by atoms with van der Waals surface area (Å²) in [6.07, 6.45) is -3.37. The number of aromatic nitrogens is 1. The molecule has 0 saturated carbocycles. The normalized spacial score (nSPS) is 11.2. The number of nitrogens with zero attached hydrogens (tertiary/aromatic N) is 1. The Balaban J connectivity index is 2.40. The molecule has 3 nitrogen and oxygen atoms in total. The van der Waals surface area contributed by atoms with E-state index < -0.39 is 6.36 Å². The third-order valence-electron chi connectivity index (χ3n) is 2.42. The van der Waals surface area contributed by atoms with E-state index in [4.69, 9.17) is 16.3 Å². The molecule has 1 heterocycles. The number of hydrogen-bond donors (Lipinski definition) is 0. The lowest BCUT2D eigenvalue weighted by Crippen LogP contribution is -2.17. The van der Waals surface area contributed by atoms with Crippen LogP contribution in [-0.4, -0.2) is 18.5 Å². The second kappa shape index (κ2) is 5.58. The van der Waals surface area contributed by atoms with Gasteiger partial charge in [-0.25, -0.2) is 4.98 Å². The van der Waals surface area contributed by atoms with Gasteiger partial charge in [-0.1, -0.05) is 23.7 Å². The molecule has 0 bridgehead atoms. The highest BCUT2D eigenvalue weighted by Crippen LogP contribution is 2.33. The van der Waals surface area contributed by atoms with E-state index in [1.807, 2.05) is 0 Å². The number of pyridine rings is 1. The third-order valence-corrected chi connectivity index (χ3v) is 2.72. The van der Waals surface area contributed by atoms with Gasteiger partial charge in [-0.2, -0.15) is 0 Å². The summed E-state index contributed by atoms with van der Waals surface area (Å²) in [5.41, 5.74) is 0.976. The molecule has 1 aromatic carbocycles. The van der Waals surface area contributed by atoms with Crippen molar-refractivity contribution in [2.45, 2.75) is 6.36 Å². The molecule has 0 saturated heterocycles. The van der Waals surface area contributed by atoms with Gasteiger partial charge < -0.3 is 9.47 Å². The predicted molar refractivity (Wildman–Crippen MR) is 67.9 cm³/mol. The maximum Gasteiger partial charge on any atom is 0.573 e. The van der Waals surface area contributed by atoms with Gasteiger partial charge in [0.1, 0.15) is 5.75 Å². The molecule has 0 aliphatic heterocycles. The van der Waals surface area contributed by atoms with Crippen molar-refractivity contribution in [3.8, 4) is 22.8 Å². The van der Waals surface area contributed by atoms with Crippen LogP contribution in [0.2, 0.25) is 5.02 Å². The Morgan fingerprint density at radius 3 is 2.60 bits per heavy atom. The quantitative estimate of drug-likeness (QED) is 0.846. The van der Waals surface area contributed by atoms with Crippen LogP contribution in [0.1, 0.15) is 0 Å². The molecule has 0 amide bonds. The standard InChI is InChI=1S/C13H9ClF3NO2/c1-19-12-6-10(11(14)7-18-12)8-3-2-4-9(5-8)20-13(15,16)17/h2-7H,1H3. The molecular weight excluding hydrogens is 295 g/mol. The van der Waals surface area contributed by atoms with Gasteiger partial charge in [0.05, 0.1) is 18.3 Å². The van der Waals surface area contributed by atoms with Crippen molar-refractivity contribution in [1.82, 2.24) is 4.98 Å². The average molecular weight is 304 g/mol. The van der Waals surface area contributed by atoms with Crippen molar-refractivity contribution in [2.24, 2.45) is 0 Å². The Bertz CT molecular complexity index is 617. The van der Waals surface area contributed by atoms with Crippen LogP contribution in [0.3, 0.4) is 0 Å². The molecule has 0 unspecified atom stereocenters. The summed E-state index contributed by atoms with van der Waals surface area (Å²) in [4.78, 5) is 3.90. The molecule has 2 rings (SSSR count). The van der Waals surface area contributed by atoms with E-state index in [0.717, 1.165) is 0 Å². The number of benzene rings is 1. The van der Waals surface area contributed by atoms with Gasteiger partial charge in [0.25, 0.3) is 0 Å². The molecule has 0 fully saturated rings. The minimum absolute atomic E-state index is 0.301. The van der Waals surface area contributed by atoms with E-state index in [1.165, 1.54) is 37.6 Å². The van der Waals surface area contributed by atoms with Gasteiger partial charge >= 0.3 is 6.36 Å². The number of halogens is 4. The summed E-state index contributed by atoms with van der Waals surface area (Å²) < 4.78 is 45.4. The smallest absolute Gasteiger partial charge is 0.481 e. The second-order valence-electron chi connectivity index (χ2n) is 3.78. The first-order valence-corrected chi connectivity index (χ1v) is 5.82. The Hall–Kier alpha value is -1.95. The van der Waals surface area contributed by atoms with Crippen molar-refractivity contribution in [1.29, 1.82) is 0 Å². The fourth-order valence-corrected chi connectivity index (χ4v) is 1.83. The van der Waals surface area contributed by atoms with E-state index in [9.17, 15) is 13.2 Å². The molecule has 0 radical (unpaired) electrons. The van der Waals surface area contributed by atoms with Crippen molar-refractivity contribution in [3.63, 3.8) is 0 Å². The van der Waals surface area contributed by atoms with Crippen LogP contribution in [0.15, 0.2) is 36.5 Å². The summed E-state index contributed by atoms with van der Waals surface area (Å²) in [5, 5.41) is 0.301. The maximum atomic E-state index is 12.2. The number of rotatable bonds is 3. The van der Waals surface area contributed by atoms with Crippen LogP contribution in [0.5, 0.6) is 11.6 Å². The van der Waals surface area contributed by atoms with E-state index >= 15 is 0 Å². The highest BCUT2D eigenvalue weighted by atomic mass is 35.5.